The van der Waals surface area contributed by atoms with Crippen LogP contribution in [0.15, 0.2) is 18.3 Å². The van der Waals surface area contributed by atoms with Crippen LogP contribution < -0.4 is 5.32 Å². The van der Waals surface area contributed by atoms with Gasteiger partial charge in [0, 0.05) is 44.4 Å². The van der Waals surface area contributed by atoms with Gasteiger partial charge in [0.2, 0.25) is 0 Å². The number of hydrogen-bond acceptors (Lipinski definition) is 4. The molecule has 0 spiro atoms. The van der Waals surface area contributed by atoms with Gasteiger partial charge in [0.25, 0.3) is 0 Å². The Morgan fingerprint density at radius 2 is 2.35 bits per heavy atom. The first-order valence-corrected chi connectivity index (χ1v) is 7.78. The molecule has 4 nitrogen and oxygen atoms in total. The van der Waals surface area contributed by atoms with E-state index in [1.807, 2.05) is 19.3 Å². The molecule has 1 saturated heterocycles. The van der Waals surface area contributed by atoms with Crippen molar-refractivity contribution >= 4 is 5.82 Å². The molecule has 1 aliphatic carbocycles. The molecule has 1 aliphatic heterocycles. The molecule has 1 aromatic rings. The highest BCUT2D eigenvalue weighted by Crippen LogP contribution is 2.40. The van der Waals surface area contributed by atoms with E-state index in [0.717, 1.165) is 38.3 Å². The van der Waals surface area contributed by atoms with E-state index in [1.165, 1.54) is 24.8 Å². The fourth-order valence-corrected chi connectivity index (χ4v) is 3.82. The second-order valence-corrected chi connectivity index (χ2v) is 6.29. The van der Waals surface area contributed by atoms with Crippen molar-refractivity contribution in [1.82, 2.24) is 9.88 Å². The summed E-state index contributed by atoms with van der Waals surface area (Å²) < 4.78 is 0. The van der Waals surface area contributed by atoms with Crippen molar-refractivity contribution < 1.29 is 5.11 Å². The molecular weight excluding hydrogens is 250 g/mol. The van der Waals surface area contributed by atoms with Gasteiger partial charge in [-0.25, -0.2) is 4.98 Å². The molecule has 4 heteroatoms. The first kappa shape index (κ1) is 13.8. The highest BCUT2D eigenvalue weighted by Gasteiger charge is 2.42. The Labute approximate surface area is 121 Å². The van der Waals surface area contributed by atoms with Crippen molar-refractivity contribution in [1.29, 1.82) is 0 Å². The molecule has 1 aromatic heterocycles. The van der Waals surface area contributed by atoms with Gasteiger partial charge >= 0.3 is 0 Å². The summed E-state index contributed by atoms with van der Waals surface area (Å²) in [5.74, 6) is 1.43. The third-order valence-electron chi connectivity index (χ3n) is 5.03. The molecular formula is C16H25N3O. The number of anilines is 1. The summed E-state index contributed by atoms with van der Waals surface area (Å²) in [6, 6.07) is 4.14. The lowest BCUT2D eigenvalue weighted by molar-refractivity contribution is -0.0967. The van der Waals surface area contributed by atoms with Crippen LogP contribution in [0.1, 0.15) is 37.7 Å². The van der Waals surface area contributed by atoms with Gasteiger partial charge in [-0.05, 0) is 25.3 Å². The van der Waals surface area contributed by atoms with Gasteiger partial charge < -0.3 is 10.4 Å². The SMILES string of the molecule is CNc1ncccc1CN1CCC2(O)CCCCC2C1. The maximum absolute atomic E-state index is 10.7. The molecule has 2 fully saturated rings. The number of aromatic nitrogens is 1. The van der Waals surface area contributed by atoms with Crippen LogP contribution in [0.3, 0.4) is 0 Å². The highest BCUT2D eigenvalue weighted by molar-refractivity contribution is 5.42. The van der Waals surface area contributed by atoms with Gasteiger partial charge in [0.1, 0.15) is 5.82 Å². The van der Waals surface area contributed by atoms with Crippen LogP contribution in [0.2, 0.25) is 0 Å². The van der Waals surface area contributed by atoms with E-state index in [0.29, 0.717) is 5.92 Å². The summed E-state index contributed by atoms with van der Waals surface area (Å²) >= 11 is 0. The molecule has 2 heterocycles. The summed E-state index contributed by atoms with van der Waals surface area (Å²) in [6.07, 6.45) is 7.40. The fraction of sp³-hybridized carbons (Fsp3) is 0.688. The second kappa shape index (κ2) is 5.70. The number of piperidine rings is 1. The first-order chi connectivity index (χ1) is 9.71. The van der Waals surface area contributed by atoms with Crippen LogP contribution in [0.25, 0.3) is 0 Å². The van der Waals surface area contributed by atoms with Crippen LogP contribution in [0.5, 0.6) is 0 Å². The van der Waals surface area contributed by atoms with Gasteiger partial charge in [-0.15, -0.1) is 0 Å². The Bertz CT molecular complexity index is 465. The average Bonchev–Trinajstić information content (AvgIpc) is 2.48. The molecule has 0 radical (unpaired) electrons. The van der Waals surface area contributed by atoms with Gasteiger partial charge in [0.05, 0.1) is 5.60 Å². The third kappa shape index (κ3) is 2.67. The van der Waals surface area contributed by atoms with Crippen molar-refractivity contribution in [3.05, 3.63) is 23.9 Å². The molecule has 2 N–H and O–H groups in total. The van der Waals surface area contributed by atoms with E-state index >= 15 is 0 Å². The van der Waals surface area contributed by atoms with Crippen molar-refractivity contribution in [2.75, 3.05) is 25.5 Å². The molecule has 3 rings (SSSR count). The summed E-state index contributed by atoms with van der Waals surface area (Å²) in [6.45, 7) is 2.94. The second-order valence-electron chi connectivity index (χ2n) is 6.29. The van der Waals surface area contributed by atoms with E-state index in [-0.39, 0.29) is 5.60 Å². The van der Waals surface area contributed by atoms with Gasteiger partial charge in [-0.3, -0.25) is 4.90 Å². The van der Waals surface area contributed by atoms with Crippen LogP contribution in [-0.2, 0) is 6.54 Å². The standard InChI is InChI=1S/C16H25N3O/c1-17-15-13(5-4-9-18-15)11-19-10-8-16(20)7-3-2-6-14(16)12-19/h4-5,9,14,20H,2-3,6-8,10-12H2,1H3,(H,17,18). The lowest BCUT2D eigenvalue weighted by Crippen LogP contribution is -2.52. The Morgan fingerprint density at radius 3 is 3.20 bits per heavy atom. The van der Waals surface area contributed by atoms with Gasteiger partial charge in [0.15, 0.2) is 0 Å². The largest absolute Gasteiger partial charge is 0.390 e. The van der Waals surface area contributed by atoms with Gasteiger partial charge in [-0.2, -0.15) is 0 Å². The molecule has 0 bridgehead atoms. The summed E-state index contributed by atoms with van der Waals surface area (Å²) in [7, 11) is 1.92. The molecule has 0 amide bonds. The molecule has 2 atom stereocenters. The number of fused-ring (bicyclic) bond motifs is 1. The number of rotatable bonds is 3. The minimum absolute atomic E-state index is 0.379. The number of hydrogen-bond donors (Lipinski definition) is 2. The van der Waals surface area contributed by atoms with E-state index in [1.54, 1.807) is 0 Å². The molecule has 20 heavy (non-hydrogen) atoms. The van der Waals surface area contributed by atoms with E-state index < -0.39 is 0 Å². The normalized spacial score (nSPS) is 30.8. The fourth-order valence-electron chi connectivity index (χ4n) is 3.82. The Hall–Kier alpha value is -1.13. The maximum Gasteiger partial charge on any atom is 0.130 e. The zero-order chi connectivity index (χ0) is 14.0. The maximum atomic E-state index is 10.7. The zero-order valence-electron chi connectivity index (χ0n) is 12.3. The third-order valence-corrected chi connectivity index (χ3v) is 5.03. The Balaban J connectivity index is 1.67. The average molecular weight is 275 g/mol. The molecule has 2 unspecified atom stereocenters. The quantitative estimate of drug-likeness (QED) is 0.888. The van der Waals surface area contributed by atoms with E-state index in [4.69, 9.17) is 0 Å². The molecule has 110 valence electrons. The topological polar surface area (TPSA) is 48.4 Å². The van der Waals surface area contributed by atoms with Crippen LogP contribution in [-0.4, -0.2) is 40.7 Å². The Morgan fingerprint density at radius 1 is 1.45 bits per heavy atom. The van der Waals surface area contributed by atoms with E-state index in [9.17, 15) is 5.11 Å². The number of pyridine rings is 1. The molecule has 0 aromatic carbocycles. The van der Waals surface area contributed by atoms with Crippen LogP contribution in [0, 0.1) is 5.92 Å². The Kier molecular flexibility index (Phi) is 3.94. The molecule has 1 saturated carbocycles. The predicted octanol–water partition coefficient (Wildman–Crippen LogP) is 2.25. The van der Waals surface area contributed by atoms with Crippen LogP contribution >= 0.6 is 0 Å². The number of nitrogens with zero attached hydrogens (tertiary/aromatic N) is 2. The first-order valence-electron chi connectivity index (χ1n) is 7.78. The van der Waals surface area contributed by atoms with Crippen molar-refractivity contribution in [3.63, 3.8) is 0 Å². The zero-order valence-corrected chi connectivity index (χ0v) is 12.3. The lowest BCUT2D eigenvalue weighted by Gasteiger charge is -2.47. The summed E-state index contributed by atoms with van der Waals surface area (Å²) in [4.78, 5) is 6.85. The van der Waals surface area contributed by atoms with Crippen molar-refractivity contribution in [3.8, 4) is 0 Å². The number of aliphatic hydroxyl groups is 1. The predicted molar refractivity (Wildman–Crippen MR) is 80.6 cm³/mol. The lowest BCUT2D eigenvalue weighted by atomic mass is 9.71. The number of nitrogens with one attached hydrogen (secondary N) is 1. The monoisotopic (exact) mass is 275 g/mol. The minimum Gasteiger partial charge on any atom is -0.390 e. The van der Waals surface area contributed by atoms with Crippen molar-refractivity contribution in [2.45, 2.75) is 44.2 Å². The van der Waals surface area contributed by atoms with E-state index in [2.05, 4.69) is 21.3 Å². The van der Waals surface area contributed by atoms with Crippen LogP contribution in [0.4, 0.5) is 5.82 Å². The summed E-state index contributed by atoms with van der Waals surface area (Å²) in [5.41, 5.74) is 0.867. The smallest absolute Gasteiger partial charge is 0.130 e. The number of likely N-dealkylation sites (tertiary alicyclic amines) is 1. The highest BCUT2D eigenvalue weighted by atomic mass is 16.3. The minimum atomic E-state index is -0.379. The summed E-state index contributed by atoms with van der Waals surface area (Å²) in [5, 5.41) is 13.9. The molecule has 2 aliphatic rings. The van der Waals surface area contributed by atoms with Gasteiger partial charge in [-0.1, -0.05) is 18.9 Å². The van der Waals surface area contributed by atoms with Crippen molar-refractivity contribution in [2.24, 2.45) is 5.92 Å².